The fraction of sp³-hybridized carbons (Fsp3) is 1.00. The lowest BCUT2D eigenvalue weighted by Gasteiger charge is -2.50. The highest BCUT2D eigenvalue weighted by Crippen LogP contribution is 2.37. The topological polar surface area (TPSA) is 47.7 Å². The van der Waals surface area contributed by atoms with E-state index in [2.05, 4.69) is 11.8 Å². The van der Waals surface area contributed by atoms with E-state index < -0.39 is 0 Å². The van der Waals surface area contributed by atoms with E-state index >= 15 is 0 Å². The normalized spacial score (nSPS) is 27.1. The van der Waals surface area contributed by atoms with Gasteiger partial charge in [-0.3, -0.25) is 4.90 Å². The Morgan fingerprint density at radius 1 is 1.10 bits per heavy atom. The van der Waals surface area contributed by atoms with Crippen LogP contribution in [0, 0.1) is 5.92 Å². The van der Waals surface area contributed by atoms with Crippen LogP contribution in [0.15, 0.2) is 0 Å². The van der Waals surface area contributed by atoms with Gasteiger partial charge in [0.25, 0.3) is 0 Å². The molecule has 1 aliphatic rings. The molecular formula is C16H34N2O2. The SMILES string of the molecule is CCOCCN(CCOCC)C1(CN)CCCCC1C. The second kappa shape index (κ2) is 9.72. The Bertz CT molecular complexity index is 241. The Labute approximate surface area is 125 Å². The van der Waals surface area contributed by atoms with E-state index in [9.17, 15) is 0 Å². The van der Waals surface area contributed by atoms with Crippen molar-refractivity contribution >= 4 is 0 Å². The Hall–Kier alpha value is -0.160. The van der Waals surface area contributed by atoms with Crippen LogP contribution in [0.3, 0.4) is 0 Å². The van der Waals surface area contributed by atoms with Crippen molar-refractivity contribution in [3.8, 4) is 0 Å². The van der Waals surface area contributed by atoms with E-state index in [1.165, 1.54) is 25.7 Å². The monoisotopic (exact) mass is 286 g/mol. The predicted molar refractivity (Wildman–Crippen MR) is 84.0 cm³/mol. The second-order valence-electron chi connectivity index (χ2n) is 5.84. The fourth-order valence-corrected chi connectivity index (χ4v) is 3.49. The first-order chi connectivity index (χ1) is 9.71. The molecule has 120 valence electrons. The average molecular weight is 286 g/mol. The summed E-state index contributed by atoms with van der Waals surface area (Å²) >= 11 is 0. The minimum atomic E-state index is 0.145. The van der Waals surface area contributed by atoms with Gasteiger partial charge in [0, 0.05) is 38.4 Å². The summed E-state index contributed by atoms with van der Waals surface area (Å²) in [6.45, 7) is 12.3. The van der Waals surface area contributed by atoms with Crippen molar-refractivity contribution in [2.75, 3.05) is 46.1 Å². The van der Waals surface area contributed by atoms with E-state index in [1.54, 1.807) is 0 Å². The highest BCUT2D eigenvalue weighted by molar-refractivity contribution is 4.98. The molecule has 0 saturated heterocycles. The minimum Gasteiger partial charge on any atom is -0.380 e. The fourth-order valence-electron chi connectivity index (χ4n) is 3.49. The van der Waals surface area contributed by atoms with Gasteiger partial charge in [-0.2, -0.15) is 0 Å². The van der Waals surface area contributed by atoms with E-state index in [1.807, 2.05) is 13.8 Å². The number of nitrogens with zero attached hydrogens (tertiary/aromatic N) is 1. The Kier molecular flexibility index (Phi) is 8.69. The maximum atomic E-state index is 6.21. The molecule has 0 aromatic heterocycles. The van der Waals surface area contributed by atoms with Crippen molar-refractivity contribution in [1.82, 2.24) is 4.90 Å². The standard InChI is InChI=1S/C16H34N2O2/c1-4-19-12-10-18(11-13-20-5-2)16(14-17)9-7-6-8-15(16)3/h15H,4-14,17H2,1-3H3. The molecular weight excluding hydrogens is 252 g/mol. The van der Waals surface area contributed by atoms with Crippen LogP contribution in [-0.4, -0.2) is 56.5 Å². The third kappa shape index (κ3) is 4.69. The van der Waals surface area contributed by atoms with Gasteiger partial charge in [-0.1, -0.05) is 19.8 Å². The molecule has 2 atom stereocenters. The molecule has 1 aliphatic carbocycles. The molecule has 0 radical (unpaired) electrons. The number of nitrogens with two attached hydrogens (primary N) is 1. The van der Waals surface area contributed by atoms with E-state index in [4.69, 9.17) is 15.2 Å². The van der Waals surface area contributed by atoms with Gasteiger partial charge in [-0.25, -0.2) is 0 Å². The van der Waals surface area contributed by atoms with Crippen LogP contribution >= 0.6 is 0 Å². The molecule has 2 N–H and O–H groups in total. The molecule has 0 aromatic carbocycles. The van der Waals surface area contributed by atoms with Crippen LogP contribution in [-0.2, 0) is 9.47 Å². The molecule has 2 unspecified atom stereocenters. The van der Waals surface area contributed by atoms with E-state index in [0.717, 1.165) is 46.1 Å². The van der Waals surface area contributed by atoms with Crippen molar-refractivity contribution in [3.05, 3.63) is 0 Å². The maximum Gasteiger partial charge on any atom is 0.0593 e. The molecule has 4 nitrogen and oxygen atoms in total. The van der Waals surface area contributed by atoms with Crippen molar-refractivity contribution in [2.45, 2.75) is 52.0 Å². The van der Waals surface area contributed by atoms with Crippen LogP contribution in [0.2, 0.25) is 0 Å². The van der Waals surface area contributed by atoms with Gasteiger partial charge in [0.2, 0.25) is 0 Å². The van der Waals surface area contributed by atoms with Gasteiger partial charge >= 0.3 is 0 Å². The van der Waals surface area contributed by atoms with Crippen LogP contribution in [0.4, 0.5) is 0 Å². The Morgan fingerprint density at radius 3 is 2.15 bits per heavy atom. The summed E-state index contributed by atoms with van der Waals surface area (Å²) in [4.78, 5) is 2.54. The zero-order valence-corrected chi connectivity index (χ0v) is 13.7. The van der Waals surface area contributed by atoms with Crippen LogP contribution in [0.5, 0.6) is 0 Å². The second-order valence-corrected chi connectivity index (χ2v) is 5.84. The first-order valence-electron chi connectivity index (χ1n) is 8.31. The van der Waals surface area contributed by atoms with Gasteiger partial charge in [0.15, 0.2) is 0 Å². The van der Waals surface area contributed by atoms with Crippen LogP contribution in [0.1, 0.15) is 46.5 Å². The number of ether oxygens (including phenoxy) is 2. The zero-order chi connectivity index (χ0) is 14.8. The van der Waals surface area contributed by atoms with Crippen LogP contribution < -0.4 is 5.73 Å². The smallest absolute Gasteiger partial charge is 0.0593 e. The largest absolute Gasteiger partial charge is 0.380 e. The molecule has 1 fully saturated rings. The third-order valence-electron chi connectivity index (χ3n) is 4.82. The summed E-state index contributed by atoms with van der Waals surface area (Å²) in [5.74, 6) is 0.657. The van der Waals surface area contributed by atoms with Crippen LogP contribution in [0.25, 0.3) is 0 Å². The molecule has 4 heteroatoms. The minimum absolute atomic E-state index is 0.145. The summed E-state index contributed by atoms with van der Waals surface area (Å²) in [5, 5.41) is 0. The van der Waals surface area contributed by atoms with Gasteiger partial charge in [0.05, 0.1) is 13.2 Å². The van der Waals surface area contributed by atoms with Crippen molar-refractivity contribution < 1.29 is 9.47 Å². The first-order valence-corrected chi connectivity index (χ1v) is 8.31. The van der Waals surface area contributed by atoms with Gasteiger partial charge in [-0.05, 0) is 32.6 Å². The first kappa shape index (κ1) is 17.9. The summed E-state index contributed by atoms with van der Waals surface area (Å²) in [7, 11) is 0. The lowest BCUT2D eigenvalue weighted by Crippen LogP contribution is -2.60. The maximum absolute atomic E-state index is 6.21. The Balaban J connectivity index is 2.69. The highest BCUT2D eigenvalue weighted by Gasteiger charge is 2.41. The molecule has 0 amide bonds. The summed E-state index contributed by atoms with van der Waals surface area (Å²) in [6.07, 6.45) is 5.13. The van der Waals surface area contributed by atoms with Gasteiger partial charge < -0.3 is 15.2 Å². The molecule has 0 heterocycles. The van der Waals surface area contributed by atoms with Crippen molar-refractivity contribution in [3.63, 3.8) is 0 Å². The molecule has 0 aliphatic heterocycles. The summed E-state index contributed by atoms with van der Waals surface area (Å²) in [5.41, 5.74) is 6.36. The average Bonchev–Trinajstić information content (AvgIpc) is 2.47. The zero-order valence-electron chi connectivity index (χ0n) is 13.7. The molecule has 0 spiro atoms. The summed E-state index contributed by atoms with van der Waals surface area (Å²) < 4.78 is 11.1. The lowest BCUT2D eigenvalue weighted by atomic mass is 9.72. The number of rotatable bonds is 10. The van der Waals surface area contributed by atoms with E-state index in [0.29, 0.717) is 5.92 Å². The predicted octanol–water partition coefficient (Wildman–Crippen LogP) is 2.27. The van der Waals surface area contributed by atoms with E-state index in [-0.39, 0.29) is 5.54 Å². The molecule has 20 heavy (non-hydrogen) atoms. The highest BCUT2D eigenvalue weighted by atomic mass is 16.5. The molecule has 1 saturated carbocycles. The number of hydrogen-bond donors (Lipinski definition) is 1. The molecule has 0 aromatic rings. The van der Waals surface area contributed by atoms with Gasteiger partial charge in [0.1, 0.15) is 0 Å². The van der Waals surface area contributed by atoms with Crippen molar-refractivity contribution in [2.24, 2.45) is 11.7 Å². The molecule has 1 rings (SSSR count). The third-order valence-corrected chi connectivity index (χ3v) is 4.82. The summed E-state index contributed by atoms with van der Waals surface area (Å²) in [6, 6.07) is 0. The van der Waals surface area contributed by atoms with Gasteiger partial charge in [-0.15, -0.1) is 0 Å². The van der Waals surface area contributed by atoms with Crippen molar-refractivity contribution in [1.29, 1.82) is 0 Å². The lowest BCUT2D eigenvalue weighted by molar-refractivity contribution is -0.0227. The molecule has 0 bridgehead atoms. The number of hydrogen-bond acceptors (Lipinski definition) is 4. The Morgan fingerprint density at radius 2 is 1.70 bits per heavy atom. The quantitative estimate of drug-likeness (QED) is 0.626.